The summed E-state index contributed by atoms with van der Waals surface area (Å²) in [6.45, 7) is 5.78. The fourth-order valence-corrected chi connectivity index (χ4v) is 3.33. The molecular formula is C20H23N7O. The molecule has 1 unspecified atom stereocenters. The predicted octanol–water partition coefficient (Wildman–Crippen LogP) is 2.99. The molecule has 8 heteroatoms. The van der Waals surface area contributed by atoms with Crippen molar-refractivity contribution in [3.8, 4) is 17.5 Å². The van der Waals surface area contributed by atoms with E-state index in [1.165, 1.54) is 0 Å². The number of imidazole rings is 1. The molecule has 1 aliphatic rings. The number of fused-ring (bicyclic) bond motifs is 1. The topological polar surface area (TPSA) is 101 Å². The molecule has 0 aromatic carbocycles. The summed E-state index contributed by atoms with van der Waals surface area (Å²) in [7, 11) is 0. The van der Waals surface area contributed by atoms with Crippen LogP contribution in [0.5, 0.6) is 0 Å². The van der Waals surface area contributed by atoms with Gasteiger partial charge < -0.3 is 5.32 Å². The summed E-state index contributed by atoms with van der Waals surface area (Å²) in [5.74, 6) is 0.872. The lowest BCUT2D eigenvalue weighted by Crippen LogP contribution is -2.41. The highest BCUT2D eigenvalue weighted by atomic mass is 16.2. The first-order chi connectivity index (χ1) is 13.4. The number of amides is 1. The highest BCUT2D eigenvalue weighted by molar-refractivity contribution is 5.94. The van der Waals surface area contributed by atoms with Crippen LogP contribution in [0.3, 0.4) is 0 Å². The van der Waals surface area contributed by atoms with Gasteiger partial charge in [0.25, 0.3) is 5.91 Å². The van der Waals surface area contributed by atoms with E-state index in [0.717, 1.165) is 18.4 Å². The van der Waals surface area contributed by atoms with Crippen LogP contribution in [0.4, 0.5) is 0 Å². The van der Waals surface area contributed by atoms with E-state index in [1.54, 1.807) is 18.5 Å². The van der Waals surface area contributed by atoms with Gasteiger partial charge in [-0.05, 0) is 39.5 Å². The minimum absolute atomic E-state index is 0.0874. The molecule has 0 bridgehead atoms. The normalized spacial score (nSPS) is 15.4. The number of carbonyl (C=O) groups excluding carboxylic acids is 1. The van der Waals surface area contributed by atoms with Gasteiger partial charge in [-0.15, -0.1) is 0 Å². The second-order valence-electron chi connectivity index (χ2n) is 8.30. The Balaban J connectivity index is 1.73. The standard InChI is InChI=1S/C20H23N7O/c1-20(2,3)25-19(28)15-10-17-22-8-9-26(17)18(24-15)14-11-23-27(12-14)16(6-7-21)13-4-5-13/h8-13,16H,4-6H2,1-3H3,(H,25,28). The van der Waals surface area contributed by atoms with Crippen molar-refractivity contribution in [2.24, 2.45) is 5.92 Å². The maximum Gasteiger partial charge on any atom is 0.270 e. The van der Waals surface area contributed by atoms with Crippen LogP contribution in [0.15, 0.2) is 30.9 Å². The Labute approximate surface area is 163 Å². The second-order valence-corrected chi connectivity index (χ2v) is 8.30. The van der Waals surface area contributed by atoms with Gasteiger partial charge in [-0.3, -0.25) is 13.9 Å². The third kappa shape index (κ3) is 3.60. The fraction of sp³-hybridized carbons (Fsp3) is 0.450. The van der Waals surface area contributed by atoms with Gasteiger partial charge >= 0.3 is 0 Å². The monoisotopic (exact) mass is 377 g/mol. The number of hydrogen-bond acceptors (Lipinski definition) is 5. The number of nitrogens with zero attached hydrogens (tertiary/aromatic N) is 6. The van der Waals surface area contributed by atoms with Gasteiger partial charge in [0.05, 0.1) is 30.3 Å². The quantitative estimate of drug-likeness (QED) is 0.736. The first-order valence-corrected chi connectivity index (χ1v) is 9.44. The zero-order valence-electron chi connectivity index (χ0n) is 16.3. The van der Waals surface area contributed by atoms with Gasteiger partial charge in [-0.25, -0.2) is 9.97 Å². The van der Waals surface area contributed by atoms with E-state index in [1.807, 2.05) is 42.2 Å². The van der Waals surface area contributed by atoms with Crippen molar-refractivity contribution in [2.45, 2.75) is 51.6 Å². The Kier molecular flexibility index (Phi) is 4.38. The lowest BCUT2D eigenvalue weighted by Gasteiger charge is -2.20. The van der Waals surface area contributed by atoms with Crippen molar-refractivity contribution >= 4 is 11.6 Å². The lowest BCUT2D eigenvalue weighted by molar-refractivity contribution is 0.0914. The van der Waals surface area contributed by atoms with Crippen molar-refractivity contribution in [3.63, 3.8) is 0 Å². The molecule has 0 saturated heterocycles. The minimum atomic E-state index is -0.361. The van der Waals surface area contributed by atoms with Gasteiger partial charge in [-0.2, -0.15) is 10.4 Å². The predicted molar refractivity (Wildman–Crippen MR) is 103 cm³/mol. The Morgan fingerprint density at radius 2 is 2.21 bits per heavy atom. The van der Waals surface area contributed by atoms with E-state index in [4.69, 9.17) is 5.26 Å². The molecule has 1 aliphatic carbocycles. The van der Waals surface area contributed by atoms with Crippen LogP contribution in [-0.2, 0) is 0 Å². The summed E-state index contributed by atoms with van der Waals surface area (Å²) >= 11 is 0. The molecule has 144 valence electrons. The largest absolute Gasteiger partial charge is 0.346 e. The summed E-state index contributed by atoms with van der Waals surface area (Å²) in [6, 6.07) is 4.03. The molecule has 3 heterocycles. The third-order valence-electron chi connectivity index (χ3n) is 4.78. The van der Waals surface area contributed by atoms with Crippen molar-refractivity contribution in [3.05, 3.63) is 36.5 Å². The fourth-order valence-electron chi connectivity index (χ4n) is 3.33. The third-order valence-corrected chi connectivity index (χ3v) is 4.78. The molecule has 1 N–H and O–H groups in total. The number of hydrogen-bond donors (Lipinski definition) is 1. The number of nitrogens with one attached hydrogen (secondary N) is 1. The van der Waals surface area contributed by atoms with E-state index in [-0.39, 0.29) is 17.5 Å². The maximum absolute atomic E-state index is 12.6. The molecule has 28 heavy (non-hydrogen) atoms. The average molecular weight is 377 g/mol. The molecule has 0 aliphatic heterocycles. The molecule has 0 radical (unpaired) electrons. The molecule has 0 spiro atoms. The summed E-state index contributed by atoms with van der Waals surface area (Å²) < 4.78 is 3.70. The highest BCUT2D eigenvalue weighted by Crippen LogP contribution is 2.41. The number of rotatable bonds is 5. The van der Waals surface area contributed by atoms with E-state index < -0.39 is 0 Å². The van der Waals surface area contributed by atoms with Gasteiger partial charge in [-0.1, -0.05) is 0 Å². The van der Waals surface area contributed by atoms with E-state index >= 15 is 0 Å². The zero-order chi connectivity index (χ0) is 19.9. The van der Waals surface area contributed by atoms with Crippen LogP contribution in [0.1, 0.15) is 56.6 Å². The van der Waals surface area contributed by atoms with Crippen LogP contribution < -0.4 is 5.32 Å². The van der Waals surface area contributed by atoms with E-state index in [9.17, 15) is 4.79 Å². The first kappa shape index (κ1) is 18.2. The van der Waals surface area contributed by atoms with Crippen LogP contribution in [0, 0.1) is 17.2 Å². The van der Waals surface area contributed by atoms with Crippen LogP contribution in [-0.4, -0.2) is 35.6 Å². The van der Waals surface area contributed by atoms with Crippen molar-refractivity contribution < 1.29 is 4.79 Å². The lowest BCUT2D eigenvalue weighted by atomic mass is 10.1. The minimum Gasteiger partial charge on any atom is -0.346 e. The van der Waals surface area contributed by atoms with Crippen molar-refractivity contribution in [1.29, 1.82) is 5.26 Å². The van der Waals surface area contributed by atoms with Crippen LogP contribution >= 0.6 is 0 Å². The molecule has 4 rings (SSSR count). The molecule has 1 atom stereocenters. The summed E-state index contributed by atoms with van der Waals surface area (Å²) in [4.78, 5) is 21.6. The molecule has 1 saturated carbocycles. The number of aromatic nitrogens is 5. The van der Waals surface area contributed by atoms with Gasteiger partial charge in [0.2, 0.25) is 0 Å². The Hall–Kier alpha value is -3.21. The molecular weight excluding hydrogens is 354 g/mol. The molecule has 3 aromatic rings. The zero-order valence-corrected chi connectivity index (χ0v) is 16.3. The van der Waals surface area contributed by atoms with Crippen LogP contribution in [0.2, 0.25) is 0 Å². The summed E-state index contributed by atoms with van der Waals surface area (Å²) in [6.07, 6.45) is 9.84. The second kappa shape index (κ2) is 6.75. The molecule has 3 aromatic heterocycles. The molecule has 1 fully saturated rings. The first-order valence-electron chi connectivity index (χ1n) is 9.44. The van der Waals surface area contributed by atoms with Gasteiger partial charge in [0.1, 0.15) is 17.2 Å². The van der Waals surface area contributed by atoms with E-state index in [0.29, 0.717) is 29.5 Å². The number of nitriles is 1. The Morgan fingerprint density at radius 3 is 2.89 bits per heavy atom. The smallest absolute Gasteiger partial charge is 0.270 e. The maximum atomic E-state index is 12.6. The molecule has 8 nitrogen and oxygen atoms in total. The Morgan fingerprint density at radius 1 is 1.43 bits per heavy atom. The average Bonchev–Trinajstić information content (AvgIpc) is 3.15. The van der Waals surface area contributed by atoms with Crippen molar-refractivity contribution in [1.82, 2.24) is 29.5 Å². The highest BCUT2D eigenvalue weighted by Gasteiger charge is 2.33. The van der Waals surface area contributed by atoms with Gasteiger partial charge in [0, 0.05) is 30.2 Å². The summed E-state index contributed by atoms with van der Waals surface area (Å²) in [5, 5.41) is 16.6. The summed E-state index contributed by atoms with van der Waals surface area (Å²) in [5.41, 5.74) is 1.39. The SMILES string of the molecule is CC(C)(C)NC(=O)c1cc2nccn2c(-c2cnn(C(CC#N)C3CC3)c2)n1. The van der Waals surface area contributed by atoms with Crippen LogP contribution in [0.25, 0.3) is 17.0 Å². The van der Waals surface area contributed by atoms with E-state index in [2.05, 4.69) is 26.5 Å². The van der Waals surface area contributed by atoms with Crippen molar-refractivity contribution in [2.75, 3.05) is 0 Å². The molecule has 1 amide bonds. The van der Waals surface area contributed by atoms with Gasteiger partial charge in [0.15, 0.2) is 0 Å². The number of carbonyl (C=O) groups is 1. The Bertz CT molecular complexity index is 1060.